The van der Waals surface area contributed by atoms with Crippen molar-refractivity contribution in [2.45, 2.75) is 57.0 Å². The molecule has 0 radical (unpaired) electrons. The Hall–Kier alpha value is -0.120. The number of hydrogen-bond donors (Lipinski definition) is 1. The summed E-state index contributed by atoms with van der Waals surface area (Å²) >= 11 is 0. The van der Waals surface area contributed by atoms with Crippen molar-refractivity contribution in [1.82, 2.24) is 5.32 Å². The second kappa shape index (κ2) is 4.60. The van der Waals surface area contributed by atoms with E-state index in [1.165, 1.54) is 19.3 Å². The highest BCUT2D eigenvalue weighted by Crippen LogP contribution is 2.32. The Balaban J connectivity index is 1.75. The van der Waals surface area contributed by atoms with Gasteiger partial charge in [-0.3, -0.25) is 0 Å². The third-order valence-corrected chi connectivity index (χ3v) is 3.40. The molecule has 0 saturated heterocycles. The van der Waals surface area contributed by atoms with Crippen molar-refractivity contribution in [2.75, 3.05) is 13.7 Å². The molecule has 2 aliphatic rings. The van der Waals surface area contributed by atoms with Gasteiger partial charge in [-0.25, -0.2) is 0 Å². The van der Waals surface area contributed by atoms with E-state index in [0.717, 1.165) is 13.0 Å². The second-order valence-corrected chi connectivity index (χ2v) is 4.28. The van der Waals surface area contributed by atoms with Crippen molar-refractivity contribution in [1.29, 1.82) is 0 Å². The SMILES string of the molecule is CCOC1C(NC)CC1OC1CCC1. The summed E-state index contributed by atoms with van der Waals surface area (Å²) in [5.74, 6) is 0. The summed E-state index contributed by atoms with van der Waals surface area (Å²) in [6.07, 6.45) is 6.10. The van der Waals surface area contributed by atoms with Gasteiger partial charge in [0, 0.05) is 12.6 Å². The Labute approximate surface area is 86.2 Å². The molecule has 0 spiro atoms. The van der Waals surface area contributed by atoms with Gasteiger partial charge in [0.25, 0.3) is 0 Å². The lowest BCUT2D eigenvalue weighted by Crippen LogP contribution is -2.60. The maximum atomic E-state index is 5.95. The summed E-state index contributed by atoms with van der Waals surface area (Å²) < 4.78 is 11.6. The molecule has 0 aromatic rings. The zero-order valence-corrected chi connectivity index (χ0v) is 9.16. The first-order valence-electron chi connectivity index (χ1n) is 5.79. The minimum Gasteiger partial charge on any atom is -0.374 e. The highest BCUT2D eigenvalue weighted by atomic mass is 16.6. The van der Waals surface area contributed by atoms with Crippen LogP contribution in [-0.2, 0) is 9.47 Å². The maximum absolute atomic E-state index is 5.95. The molecule has 0 heterocycles. The summed E-state index contributed by atoms with van der Waals surface area (Å²) in [6, 6.07) is 0.500. The van der Waals surface area contributed by atoms with E-state index in [4.69, 9.17) is 9.47 Å². The van der Waals surface area contributed by atoms with E-state index in [1.54, 1.807) is 0 Å². The Kier molecular flexibility index (Phi) is 3.42. The molecule has 3 nitrogen and oxygen atoms in total. The molecule has 3 atom stereocenters. The molecular weight excluding hydrogens is 178 g/mol. The summed E-state index contributed by atoms with van der Waals surface area (Å²) in [7, 11) is 2.00. The van der Waals surface area contributed by atoms with Gasteiger partial charge in [0.05, 0.1) is 18.3 Å². The van der Waals surface area contributed by atoms with E-state index in [2.05, 4.69) is 5.32 Å². The number of rotatable bonds is 5. The number of likely N-dealkylation sites (N-methyl/N-ethyl adjacent to an activating group) is 1. The van der Waals surface area contributed by atoms with Gasteiger partial charge < -0.3 is 14.8 Å². The van der Waals surface area contributed by atoms with Crippen molar-refractivity contribution >= 4 is 0 Å². The molecule has 0 amide bonds. The Morgan fingerprint density at radius 3 is 2.64 bits per heavy atom. The first-order valence-corrected chi connectivity index (χ1v) is 5.79. The highest BCUT2D eigenvalue weighted by Gasteiger charge is 2.43. The van der Waals surface area contributed by atoms with Crippen LogP contribution in [0.3, 0.4) is 0 Å². The topological polar surface area (TPSA) is 30.5 Å². The molecule has 0 aliphatic heterocycles. The van der Waals surface area contributed by atoms with Crippen LogP contribution in [0.5, 0.6) is 0 Å². The van der Waals surface area contributed by atoms with Crippen LogP contribution in [0.4, 0.5) is 0 Å². The predicted octanol–water partition coefficient (Wildman–Crippen LogP) is 1.32. The van der Waals surface area contributed by atoms with Crippen molar-refractivity contribution in [2.24, 2.45) is 0 Å². The van der Waals surface area contributed by atoms with Crippen LogP contribution in [0.2, 0.25) is 0 Å². The summed E-state index contributed by atoms with van der Waals surface area (Å²) in [6.45, 7) is 2.83. The fraction of sp³-hybridized carbons (Fsp3) is 1.00. The fourth-order valence-electron chi connectivity index (χ4n) is 2.17. The number of hydrogen-bond acceptors (Lipinski definition) is 3. The minimum absolute atomic E-state index is 0.283. The van der Waals surface area contributed by atoms with E-state index in [0.29, 0.717) is 18.2 Å². The number of nitrogens with one attached hydrogen (secondary N) is 1. The van der Waals surface area contributed by atoms with Gasteiger partial charge in [-0.2, -0.15) is 0 Å². The van der Waals surface area contributed by atoms with Crippen molar-refractivity contribution < 1.29 is 9.47 Å². The van der Waals surface area contributed by atoms with Crippen molar-refractivity contribution in [3.63, 3.8) is 0 Å². The number of ether oxygens (including phenoxy) is 2. The van der Waals surface area contributed by atoms with Crippen LogP contribution in [0, 0.1) is 0 Å². The lowest BCUT2D eigenvalue weighted by Gasteiger charge is -2.46. The second-order valence-electron chi connectivity index (χ2n) is 4.28. The zero-order chi connectivity index (χ0) is 9.97. The third-order valence-electron chi connectivity index (χ3n) is 3.40. The smallest absolute Gasteiger partial charge is 0.0990 e. The van der Waals surface area contributed by atoms with E-state index >= 15 is 0 Å². The van der Waals surface area contributed by atoms with E-state index in [-0.39, 0.29) is 6.10 Å². The fourth-order valence-corrected chi connectivity index (χ4v) is 2.17. The van der Waals surface area contributed by atoms with Crippen LogP contribution >= 0.6 is 0 Å². The average Bonchev–Trinajstić information content (AvgIpc) is 2.10. The zero-order valence-electron chi connectivity index (χ0n) is 9.16. The summed E-state index contributed by atoms with van der Waals surface area (Å²) in [5, 5.41) is 3.27. The molecule has 3 heteroatoms. The molecule has 2 saturated carbocycles. The first-order chi connectivity index (χ1) is 6.85. The van der Waals surface area contributed by atoms with Crippen LogP contribution in [0.1, 0.15) is 32.6 Å². The third kappa shape index (κ3) is 1.95. The van der Waals surface area contributed by atoms with Crippen molar-refractivity contribution in [3.05, 3.63) is 0 Å². The molecule has 2 fully saturated rings. The highest BCUT2D eigenvalue weighted by molar-refractivity contribution is 4.97. The molecule has 2 aliphatic carbocycles. The molecule has 0 bridgehead atoms. The van der Waals surface area contributed by atoms with Crippen LogP contribution in [0.25, 0.3) is 0 Å². The van der Waals surface area contributed by atoms with E-state index in [9.17, 15) is 0 Å². The first kappa shape index (κ1) is 10.4. The summed E-state index contributed by atoms with van der Waals surface area (Å²) in [5.41, 5.74) is 0. The molecular formula is C11H21NO2. The predicted molar refractivity (Wildman–Crippen MR) is 55.4 cm³/mol. The van der Waals surface area contributed by atoms with Crippen LogP contribution < -0.4 is 5.32 Å². The van der Waals surface area contributed by atoms with Crippen LogP contribution in [0.15, 0.2) is 0 Å². The molecule has 82 valence electrons. The average molecular weight is 199 g/mol. The maximum Gasteiger partial charge on any atom is 0.0990 e. The van der Waals surface area contributed by atoms with Gasteiger partial charge in [0.15, 0.2) is 0 Å². The Morgan fingerprint density at radius 1 is 1.36 bits per heavy atom. The van der Waals surface area contributed by atoms with Crippen LogP contribution in [-0.4, -0.2) is 38.0 Å². The van der Waals surface area contributed by atoms with E-state index in [1.807, 2.05) is 14.0 Å². The van der Waals surface area contributed by atoms with Gasteiger partial charge >= 0.3 is 0 Å². The van der Waals surface area contributed by atoms with Gasteiger partial charge in [-0.15, -0.1) is 0 Å². The molecule has 14 heavy (non-hydrogen) atoms. The van der Waals surface area contributed by atoms with Gasteiger partial charge in [0.2, 0.25) is 0 Å². The Morgan fingerprint density at radius 2 is 2.14 bits per heavy atom. The lowest BCUT2D eigenvalue weighted by atomic mass is 9.84. The van der Waals surface area contributed by atoms with Gasteiger partial charge in [-0.1, -0.05) is 0 Å². The Bertz CT molecular complexity index is 182. The van der Waals surface area contributed by atoms with E-state index < -0.39 is 0 Å². The molecule has 0 aromatic carbocycles. The molecule has 3 unspecified atom stereocenters. The molecule has 0 aromatic heterocycles. The van der Waals surface area contributed by atoms with Crippen molar-refractivity contribution in [3.8, 4) is 0 Å². The largest absolute Gasteiger partial charge is 0.374 e. The normalized spacial score (nSPS) is 37.7. The summed E-state index contributed by atoms with van der Waals surface area (Å²) in [4.78, 5) is 0. The molecule has 2 rings (SSSR count). The quantitative estimate of drug-likeness (QED) is 0.724. The monoisotopic (exact) mass is 199 g/mol. The minimum atomic E-state index is 0.283. The lowest BCUT2D eigenvalue weighted by molar-refractivity contribution is -0.177. The molecule has 1 N–H and O–H groups in total. The standard InChI is InChI=1S/C11H21NO2/c1-3-13-11-9(12-2)7-10(11)14-8-5-4-6-8/h8-12H,3-7H2,1-2H3. The van der Waals surface area contributed by atoms with Gasteiger partial charge in [0.1, 0.15) is 0 Å². The van der Waals surface area contributed by atoms with Gasteiger partial charge in [-0.05, 0) is 39.7 Å².